The first-order valence-electron chi connectivity index (χ1n) is 7.04. The second-order valence-electron chi connectivity index (χ2n) is 5.81. The van der Waals surface area contributed by atoms with E-state index in [-0.39, 0.29) is 0 Å². The number of benzene rings is 1. The molecule has 2 atom stereocenters. The van der Waals surface area contributed by atoms with Crippen LogP contribution < -0.4 is 10.1 Å². The van der Waals surface area contributed by atoms with E-state index in [1.807, 2.05) is 12.1 Å². The fraction of sp³-hybridized carbons (Fsp3) is 0.625. The molecule has 1 aliphatic rings. The quantitative estimate of drug-likeness (QED) is 0.877. The molecule has 0 aliphatic heterocycles. The Bertz CT molecular complexity index is 367. The van der Waals surface area contributed by atoms with E-state index in [2.05, 4.69) is 31.3 Å². The summed E-state index contributed by atoms with van der Waals surface area (Å²) in [6, 6.07) is 8.93. The van der Waals surface area contributed by atoms with Gasteiger partial charge in [-0.2, -0.15) is 0 Å². The van der Waals surface area contributed by atoms with Gasteiger partial charge in [-0.05, 0) is 37.2 Å². The van der Waals surface area contributed by atoms with Gasteiger partial charge in [0, 0.05) is 18.2 Å². The average Bonchev–Trinajstić information content (AvgIpc) is 2.35. The van der Waals surface area contributed by atoms with Crippen LogP contribution in [0.5, 0.6) is 5.75 Å². The lowest BCUT2D eigenvalue weighted by Crippen LogP contribution is -2.35. The Balaban J connectivity index is 1.91. The van der Waals surface area contributed by atoms with E-state index in [1.165, 1.54) is 24.8 Å². The van der Waals surface area contributed by atoms with Crippen LogP contribution >= 0.6 is 0 Å². The molecule has 1 fully saturated rings. The van der Waals surface area contributed by atoms with Gasteiger partial charge in [0.25, 0.3) is 0 Å². The maximum Gasteiger partial charge on any atom is 0.123 e. The molecule has 0 radical (unpaired) electrons. The molecule has 1 N–H and O–H groups in total. The summed E-state index contributed by atoms with van der Waals surface area (Å²) in [5, 5.41) is 3.69. The molecule has 0 aromatic heterocycles. The zero-order valence-corrected chi connectivity index (χ0v) is 11.8. The highest BCUT2D eigenvalue weighted by atomic mass is 16.5. The van der Waals surface area contributed by atoms with Gasteiger partial charge in [0.2, 0.25) is 0 Å². The topological polar surface area (TPSA) is 21.3 Å². The summed E-state index contributed by atoms with van der Waals surface area (Å²) in [6.07, 6.45) is 3.99. The molecule has 0 heterocycles. The summed E-state index contributed by atoms with van der Waals surface area (Å²) in [4.78, 5) is 0. The van der Waals surface area contributed by atoms with Crippen molar-refractivity contribution in [3.05, 3.63) is 29.8 Å². The molecule has 0 bridgehead atoms. The van der Waals surface area contributed by atoms with E-state index >= 15 is 0 Å². The van der Waals surface area contributed by atoms with Gasteiger partial charge in [0.15, 0.2) is 0 Å². The second-order valence-corrected chi connectivity index (χ2v) is 5.81. The smallest absolute Gasteiger partial charge is 0.123 e. The highest BCUT2D eigenvalue weighted by molar-refractivity contribution is 5.33. The molecule has 2 heteroatoms. The van der Waals surface area contributed by atoms with Crippen LogP contribution in [0.25, 0.3) is 0 Å². The highest BCUT2D eigenvalue weighted by Gasteiger charge is 2.23. The number of hydrogen-bond donors (Lipinski definition) is 1. The van der Waals surface area contributed by atoms with Crippen molar-refractivity contribution in [1.82, 2.24) is 5.32 Å². The number of rotatable bonds is 4. The molecule has 1 aromatic carbocycles. The van der Waals surface area contributed by atoms with Gasteiger partial charge in [-0.3, -0.25) is 0 Å². The molecule has 1 aromatic rings. The van der Waals surface area contributed by atoms with Crippen molar-refractivity contribution >= 4 is 0 Å². The molecule has 2 nitrogen and oxygen atoms in total. The van der Waals surface area contributed by atoms with Gasteiger partial charge in [0.1, 0.15) is 5.75 Å². The lowest BCUT2D eigenvalue weighted by atomic mass is 9.80. The molecule has 2 rings (SSSR count). The minimum atomic E-state index is 0.661. The van der Waals surface area contributed by atoms with Gasteiger partial charge < -0.3 is 10.1 Å². The normalized spacial score (nSPS) is 28.1. The van der Waals surface area contributed by atoms with Crippen LogP contribution in [0.4, 0.5) is 0 Å². The van der Waals surface area contributed by atoms with Crippen LogP contribution in [-0.4, -0.2) is 13.2 Å². The van der Waals surface area contributed by atoms with Crippen molar-refractivity contribution in [2.24, 2.45) is 11.8 Å². The summed E-state index contributed by atoms with van der Waals surface area (Å²) in [5.41, 5.74) is 1.26. The summed E-state index contributed by atoms with van der Waals surface area (Å²) >= 11 is 0. The van der Waals surface area contributed by atoms with Crippen molar-refractivity contribution in [1.29, 1.82) is 0 Å². The third kappa shape index (κ3) is 3.49. The summed E-state index contributed by atoms with van der Waals surface area (Å²) in [5.74, 6) is 2.69. The fourth-order valence-electron chi connectivity index (χ4n) is 3.22. The fourth-order valence-corrected chi connectivity index (χ4v) is 3.22. The van der Waals surface area contributed by atoms with Crippen LogP contribution in [0.1, 0.15) is 38.7 Å². The van der Waals surface area contributed by atoms with Gasteiger partial charge in [-0.15, -0.1) is 0 Å². The molecule has 0 amide bonds. The van der Waals surface area contributed by atoms with Crippen molar-refractivity contribution in [3.8, 4) is 5.75 Å². The Morgan fingerprint density at radius 3 is 2.44 bits per heavy atom. The van der Waals surface area contributed by atoms with Crippen LogP contribution in [-0.2, 0) is 6.54 Å². The number of hydrogen-bond acceptors (Lipinski definition) is 2. The number of para-hydroxylation sites is 1. The minimum absolute atomic E-state index is 0.661. The monoisotopic (exact) mass is 247 g/mol. The van der Waals surface area contributed by atoms with E-state index in [0.29, 0.717) is 6.04 Å². The average molecular weight is 247 g/mol. The maximum absolute atomic E-state index is 5.39. The van der Waals surface area contributed by atoms with Crippen LogP contribution in [0.3, 0.4) is 0 Å². The Kier molecular flexibility index (Phi) is 4.65. The maximum atomic E-state index is 5.39. The van der Waals surface area contributed by atoms with Crippen molar-refractivity contribution in [2.45, 2.75) is 45.7 Å². The Morgan fingerprint density at radius 2 is 1.78 bits per heavy atom. The van der Waals surface area contributed by atoms with Crippen LogP contribution in [0.15, 0.2) is 24.3 Å². The number of nitrogens with one attached hydrogen (secondary N) is 1. The molecular formula is C16H25NO. The SMILES string of the molecule is COc1ccccc1CNC1CC(C)CC(C)C1. The second kappa shape index (κ2) is 6.24. The van der Waals surface area contributed by atoms with Gasteiger partial charge >= 0.3 is 0 Å². The summed E-state index contributed by atoms with van der Waals surface area (Å²) in [7, 11) is 1.74. The lowest BCUT2D eigenvalue weighted by Gasteiger charge is -2.32. The number of methoxy groups -OCH3 is 1. The minimum Gasteiger partial charge on any atom is -0.496 e. The standard InChI is InChI=1S/C16H25NO/c1-12-8-13(2)10-15(9-12)17-11-14-6-4-5-7-16(14)18-3/h4-7,12-13,15,17H,8-11H2,1-3H3. The summed E-state index contributed by atoms with van der Waals surface area (Å²) < 4.78 is 5.39. The number of ether oxygens (including phenoxy) is 1. The third-order valence-electron chi connectivity index (χ3n) is 3.95. The highest BCUT2D eigenvalue weighted by Crippen LogP contribution is 2.29. The van der Waals surface area contributed by atoms with E-state index in [4.69, 9.17) is 4.74 Å². The Morgan fingerprint density at radius 1 is 1.11 bits per heavy atom. The van der Waals surface area contributed by atoms with E-state index in [1.54, 1.807) is 7.11 Å². The molecule has 100 valence electrons. The molecular weight excluding hydrogens is 222 g/mol. The first-order chi connectivity index (χ1) is 8.69. The van der Waals surface area contributed by atoms with Gasteiger partial charge in [0.05, 0.1) is 7.11 Å². The van der Waals surface area contributed by atoms with Crippen LogP contribution in [0, 0.1) is 11.8 Å². The first kappa shape index (κ1) is 13.4. The molecule has 2 unspecified atom stereocenters. The molecule has 1 saturated carbocycles. The molecule has 1 aliphatic carbocycles. The Labute approximate surface area is 111 Å². The zero-order chi connectivity index (χ0) is 13.0. The van der Waals surface area contributed by atoms with Crippen molar-refractivity contribution in [2.75, 3.05) is 7.11 Å². The van der Waals surface area contributed by atoms with Gasteiger partial charge in [-0.1, -0.05) is 32.0 Å². The van der Waals surface area contributed by atoms with Crippen molar-refractivity contribution in [3.63, 3.8) is 0 Å². The van der Waals surface area contributed by atoms with Crippen LogP contribution in [0.2, 0.25) is 0 Å². The van der Waals surface area contributed by atoms with Crippen molar-refractivity contribution < 1.29 is 4.74 Å². The van der Waals surface area contributed by atoms with E-state index in [0.717, 1.165) is 24.1 Å². The third-order valence-corrected chi connectivity index (χ3v) is 3.95. The van der Waals surface area contributed by atoms with Gasteiger partial charge in [-0.25, -0.2) is 0 Å². The molecule has 0 spiro atoms. The first-order valence-corrected chi connectivity index (χ1v) is 7.04. The van der Waals surface area contributed by atoms with E-state index in [9.17, 15) is 0 Å². The van der Waals surface area contributed by atoms with E-state index < -0.39 is 0 Å². The summed E-state index contributed by atoms with van der Waals surface area (Å²) in [6.45, 7) is 5.65. The predicted octanol–water partition coefficient (Wildman–Crippen LogP) is 3.61. The lowest BCUT2D eigenvalue weighted by molar-refractivity contribution is 0.237. The molecule has 0 saturated heterocycles. The predicted molar refractivity (Wildman–Crippen MR) is 75.8 cm³/mol. The largest absolute Gasteiger partial charge is 0.496 e. The zero-order valence-electron chi connectivity index (χ0n) is 11.8. The Hall–Kier alpha value is -1.02. The molecule has 18 heavy (non-hydrogen) atoms.